The molecule has 6 nitrogen and oxygen atoms in total. The van der Waals surface area contributed by atoms with E-state index in [1.54, 1.807) is 0 Å². The van der Waals surface area contributed by atoms with Gasteiger partial charge in [-0.2, -0.15) is 0 Å². The van der Waals surface area contributed by atoms with Crippen LogP contribution in [-0.4, -0.2) is 19.0 Å². The fourth-order valence-corrected chi connectivity index (χ4v) is 3.06. The van der Waals surface area contributed by atoms with Crippen LogP contribution >= 0.6 is 0 Å². The predicted molar refractivity (Wildman–Crippen MR) is 81.6 cm³/mol. The zero-order valence-corrected chi connectivity index (χ0v) is 12.2. The Bertz CT molecular complexity index is 567. The molecule has 0 heterocycles. The van der Waals surface area contributed by atoms with E-state index in [1.807, 2.05) is 18.2 Å². The molecule has 0 spiro atoms. The summed E-state index contributed by atoms with van der Waals surface area (Å²) in [5.41, 5.74) is 15.4. The fourth-order valence-electron chi connectivity index (χ4n) is 3.06. The Morgan fingerprint density at radius 1 is 1.57 bits per heavy atom. The number of carbonyl (C=O) groups excluding carboxylic acids is 1. The zero-order valence-electron chi connectivity index (χ0n) is 12.2. The van der Waals surface area contributed by atoms with Crippen molar-refractivity contribution in [1.82, 2.24) is 5.32 Å². The van der Waals surface area contributed by atoms with Crippen molar-refractivity contribution in [2.24, 2.45) is 10.8 Å². The zero-order chi connectivity index (χ0) is 15.3. The number of nitrogens with two attached hydrogens (primary N) is 1. The van der Waals surface area contributed by atoms with E-state index >= 15 is 0 Å². The van der Waals surface area contributed by atoms with Gasteiger partial charge in [-0.25, -0.2) is 0 Å². The summed E-state index contributed by atoms with van der Waals surface area (Å²) in [4.78, 5) is 14.9. The second-order valence-electron chi connectivity index (χ2n) is 5.53. The second-order valence-corrected chi connectivity index (χ2v) is 5.53. The number of azide groups is 1. The van der Waals surface area contributed by atoms with Crippen molar-refractivity contribution in [1.29, 1.82) is 0 Å². The highest BCUT2D eigenvalue weighted by atomic mass is 16.1. The van der Waals surface area contributed by atoms with E-state index in [1.165, 1.54) is 5.56 Å². The van der Waals surface area contributed by atoms with Crippen molar-refractivity contribution in [2.45, 2.75) is 37.6 Å². The third-order valence-electron chi connectivity index (χ3n) is 4.25. The van der Waals surface area contributed by atoms with Crippen molar-refractivity contribution >= 4 is 5.91 Å². The predicted octanol–water partition coefficient (Wildman–Crippen LogP) is 2.55. The molecule has 112 valence electrons. The largest absolute Gasteiger partial charge is 0.368 e. The minimum Gasteiger partial charge on any atom is -0.368 e. The van der Waals surface area contributed by atoms with Gasteiger partial charge in [0.15, 0.2) is 0 Å². The summed E-state index contributed by atoms with van der Waals surface area (Å²) in [6, 6.07) is 7.99. The topological polar surface area (TPSA) is 104 Å². The lowest BCUT2D eigenvalue weighted by atomic mass is 9.72. The fraction of sp³-hybridized carbons (Fsp3) is 0.533. The Kier molecular flexibility index (Phi) is 4.83. The molecular weight excluding hydrogens is 266 g/mol. The van der Waals surface area contributed by atoms with Crippen LogP contribution in [0.4, 0.5) is 0 Å². The molecule has 0 aromatic heterocycles. The summed E-state index contributed by atoms with van der Waals surface area (Å²) in [5, 5.41) is 6.82. The molecule has 3 N–H and O–H groups in total. The quantitative estimate of drug-likeness (QED) is 0.363. The van der Waals surface area contributed by atoms with E-state index in [4.69, 9.17) is 11.3 Å². The van der Waals surface area contributed by atoms with Crippen molar-refractivity contribution in [3.05, 3.63) is 45.8 Å². The van der Waals surface area contributed by atoms with Gasteiger partial charge < -0.3 is 5.73 Å². The lowest BCUT2D eigenvalue weighted by Crippen LogP contribution is -2.55. The number of nitrogens with zero attached hydrogens (tertiary/aromatic N) is 3. The van der Waals surface area contributed by atoms with Crippen LogP contribution in [0.5, 0.6) is 0 Å². The summed E-state index contributed by atoms with van der Waals surface area (Å²) in [6.07, 6.45) is 2.29. The molecule has 1 amide bonds. The minimum absolute atomic E-state index is 0.342. The number of hydrogen-bond donors (Lipinski definition) is 2. The number of benzene rings is 1. The molecule has 6 heteroatoms. The third kappa shape index (κ3) is 3.01. The number of nitrogens with one attached hydrogen (secondary N) is 1. The molecule has 2 rings (SSSR count). The summed E-state index contributed by atoms with van der Waals surface area (Å²) in [7, 11) is 0. The van der Waals surface area contributed by atoms with E-state index in [0.717, 1.165) is 12.0 Å². The van der Waals surface area contributed by atoms with Crippen LogP contribution in [0, 0.1) is 0 Å². The minimum atomic E-state index is -0.806. The lowest BCUT2D eigenvalue weighted by Gasteiger charge is -2.39. The number of primary amides is 1. The van der Waals surface area contributed by atoms with Gasteiger partial charge in [0, 0.05) is 11.5 Å². The molecule has 0 radical (unpaired) electrons. The second kappa shape index (κ2) is 6.61. The first kappa shape index (κ1) is 15.4. The van der Waals surface area contributed by atoms with Crippen molar-refractivity contribution in [2.75, 3.05) is 13.1 Å². The van der Waals surface area contributed by atoms with E-state index in [2.05, 4.69) is 28.3 Å². The van der Waals surface area contributed by atoms with Crippen LogP contribution in [0.1, 0.15) is 43.2 Å². The first-order valence-electron chi connectivity index (χ1n) is 7.27. The summed E-state index contributed by atoms with van der Waals surface area (Å²) < 4.78 is 0. The Hall–Kier alpha value is -2.04. The maximum atomic E-state index is 12.1. The van der Waals surface area contributed by atoms with E-state index < -0.39 is 5.54 Å². The molecule has 0 saturated heterocycles. The summed E-state index contributed by atoms with van der Waals surface area (Å²) >= 11 is 0. The van der Waals surface area contributed by atoms with E-state index in [0.29, 0.717) is 31.8 Å². The molecule has 1 aliphatic carbocycles. The molecule has 1 aliphatic rings. The monoisotopic (exact) mass is 287 g/mol. The van der Waals surface area contributed by atoms with Crippen LogP contribution in [-0.2, 0) is 10.3 Å². The van der Waals surface area contributed by atoms with E-state index in [9.17, 15) is 4.79 Å². The van der Waals surface area contributed by atoms with Crippen molar-refractivity contribution < 1.29 is 4.79 Å². The molecule has 21 heavy (non-hydrogen) atoms. The smallest absolute Gasteiger partial charge is 0.242 e. The normalized spacial score (nSPS) is 24.0. The maximum absolute atomic E-state index is 12.1. The molecule has 2 atom stereocenters. The van der Waals surface area contributed by atoms with Crippen molar-refractivity contribution in [3.63, 3.8) is 0 Å². The van der Waals surface area contributed by atoms with Gasteiger partial charge >= 0.3 is 0 Å². The number of carbonyl (C=O) groups is 1. The average molecular weight is 287 g/mol. The first-order chi connectivity index (χ1) is 10.1. The molecule has 0 aliphatic heterocycles. The number of fused-ring (bicyclic) bond motifs is 1. The van der Waals surface area contributed by atoms with Crippen LogP contribution in [0.2, 0.25) is 0 Å². The van der Waals surface area contributed by atoms with Gasteiger partial charge in [0.2, 0.25) is 5.91 Å². The highest BCUT2D eigenvalue weighted by molar-refractivity contribution is 5.87. The lowest BCUT2D eigenvalue weighted by molar-refractivity contribution is -0.125. The maximum Gasteiger partial charge on any atom is 0.242 e. The van der Waals surface area contributed by atoms with Crippen LogP contribution in [0.25, 0.3) is 10.4 Å². The van der Waals surface area contributed by atoms with Crippen LogP contribution in [0.3, 0.4) is 0 Å². The third-order valence-corrected chi connectivity index (χ3v) is 4.25. The number of rotatable bonds is 6. The SMILES string of the molecule is CC1CCC(NCCCN=[N+]=[N-])(C(N)=O)c2ccccc21. The van der Waals surface area contributed by atoms with Gasteiger partial charge in [-0.1, -0.05) is 36.3 Å². The Morgan fingerprint density at radius 2 is 2.33 bits per heavy atom. The van der Waals surface area contributed by atoms with Gasteiger partial charge in [0.05, 0.1) is 0 Å². The Morgan fingerprint density at radius 3 is 3.05 bits per heavy atom. The average Bonchev–Trinajstić information content (AvgIpc) is 2.49. The number of hydrogen-bond acceptors (Lipinski definition) is 3. The highest BCUT2D eigenvalue weighted by Crippen LogP contribution is 2.41. The molecule has 1 aromatic carbocycles. The summed E-state index contributed by atoms with van der Waals surface area (Å²) in [6.45, 7) is 3.17. The molecule has 0 bridgehead atoms. The molecule has 0 saturated carbocycles. The number of amides is 1. The standard InChI is InChI=1S/C15H21N5O/c1-11-7-8-15(14(16)21,18-9-4-10-19-20-17)13-6-3-2-5-12(11)13/h2-3,5-6,11,18H,4,7-10H2,1H3,(H2,16,21). The van der Waals surface area contributed by atoms with Crippen LogP contribution < -0.4 is 11.1 Å². The molecular formula is C15H21N5O. The van der Waals surface area contributed by atoms with Crippen molar-refractivity contribution in [3.8, 4) is 0 Å². The van der Waals surface area contributed by atoms with E-state index in [-0.39, 0.29) is 5.91 Å². The Balaban J connectivity index is 2.24. The molecule has 1 aromatic rings. The first-order valence-corrected chi connectivity index (χ1v) is 7.27. The van der Waals surface area contributed by atoms with Gasteiger partial charge in [-0.3, -0.25) is 10.1 Å². The Labute approximate surface area is 124 Å². The van der Waals surface area contributed by atoms with Gasteiger partial charge in [-0.15, -0.1) is 0 Å². The van der Waals surface area contributed by atoms with Gasteiger partial charge in [0.1, 0.15) is 5.54 Å². The summed E-state index contributed by atoms with van der Waals surface area (Å²) in [5.74, 6) is 0.0873. The molecule has 2 unspecified atom stereocenters. The molecule has 0 fully saturated rings. The van der Waals surface area contributed by atoms with Gasteiger partial charge in [0.25, 0.3) is 0 Å². The van der Waals surface area contributed by atoms with Gasteiger partial charge in [-0.05, 0) is 48.4 Å². The van der Waals surface area contributed by atoms with Crippen LogP contribution in [0.15, 0.2) is 29.4 Å². The highest BCUT2D eigenvalue weighted by Gasteiger charge is 2.42.